The lowest BCUT2D eigenvalue weighted by atomic mass is 10.3. The highest BCUT2D eigenvalue weighted by molar-refractivity contribution is 9.10. The third-order valence-electron chi connectivity index (χ3n) is 2.63. The van der Waals surface area contributed by atoms with Crippen molar-refractivity contribution in [1.82, 2.24) is 9.97 Å². The summed E-state index contributed by atoms with van der Waals surface area (Å²) in [5.74, 6) is 0.612. The molecule has 0 unspecified atom stereocenters. The van der Waals surface area contributed by atoms with E-state index in [0.29, 0.717) is 11.4 Å². The predicted octanol–water partition coefficient (Wildman–Crippen LogP) is 3.86. The Bertz CT molecular complexity index is 711. The first-order valence-corrected chi connectivity index (χ1v) is 6.88. The fourth-order valence-corrected chi connectivity index (χ4v) is 2.33. The Labute approximate surface area is 133 Å². The van der Waals surface area contributed by atoms with Gasteiger partial charge in [0.1, 0.15) is 11.4 Å². The van der Waals surface area contributed by atoms with E-state index >= 15 is 0 Å². The molecule has 110 valence electrons. The van der Waals surface area contributed by atoms with Crippen molar-refractivity contribution in [2.75, 3.05) is 12.4 Å². The van der Waals surface area contributed by atoms with Gasteiger partial charge >= 0.3 is 5.69 Å². The number of hydrogen-bond donors (Lipinski definition) is 1. The van der Waals surface area contributed by atoms with Crippen molar-refractivity contribution in [1.29, 1.82) is 0 Å². The molecular weight excluding hydrogens is 364 g/mol. The van der Waals surface area contributed by atoms with Crippen LogP contribution in [0, 0.1) is 17.0 Å². The average molecular weight is 374 g/mol. The van der Waals surface area contributed by atoms with Gasteiger partial charge in [0.15, 0.2) is 0 Å². The maximum Gasteiger partial charge on any atom is 0.332 e. The molecule has 0 saturated heterocycles. The molecule has 2 rings (SSSR count). The summed E-state index contributed by atoms with van der Waals surface area (Å²) < 4.78 is 5.93. The quantitative estimate of drug-likeness (QED) is 0.497. The van der Waals surface area contributed by atoms with Crippen molar-refractivity contribution in [3.05, 3.63) is 43.8 Å². The van der Waals surface area contributed by atoms with Crippen LogP contribution in [0.3, 0.4) is 0 Å². The molecule has 0 aliphatic carbocycles. The molecule has 0 saturated carbocycles. The summed E-state index contributed by atoms with van der Waals surface area (Å²) in [6.45, 7) is 1.50. The van der Waals surface area contributed by atoms with Crippen LogP contribution >= 0.6 is 27.5 Å². The van der Waals surface area contributed by atoms with Gasteiger partial charge in [-0.2, -0.15) is 4.98 Å². The van der Waals surface area contributed by atoms with Gasteiger partial charge in [-0.1, -0.05) is 0 Å². The van der Waals surface area contributed by atoms with Crippen LogP contribution < -0.4 is 10.1 Å². The highest BCUT2D eigenvalue weighted by Crippen LogP contribution is 2.32. The molecule has 1 N–H and O–H groups in total. The molecule has 1 aromatic heterocycles. The Balaban J connectivity index is 2.46. The predicted molar refractivity (Wildman–Crippen MR) is 82.4 cm³/mol. The van der Waals surface area contributed by atoms with Crippen LogP contribution in [0.2, 0.25) is 5.28 Å². The smallest absolute Gasteiger partial charge is 0.332 e. The van der Waals surface area contributed by atoms with E-state index in [1.54, 1.807) is 18.2 Å². The molecule has 0 atom stereocenters. The maximum absolute atomic E-state index is 11.1. The largest absolute Gasteiger partial charge is 0.495 e. The van der Waals surface area contributed by atoms with Gasteiger partial charge in [0, 0.05) is 11.8 Å². The van der Waals surface area contributed by atoms with Crippen LogP contribution in [0.25, 0.3) is 0 Å². The van der Waals surface area contributed by atoms with Crippen molar-refractivity contribution in [2.24, 2.45) is 0 Å². The molecule has 0 spiro atoms. The molecule has 0 fully saturated rings. The number of nitro groups is 1. The van der Waals surface area contributed by atoms with Gasteiger partial charge in [-0.05, 0) is 46.6 Å². The normalized spacial score (nSPS) is 10.3. The van der Waals surface area contributed by atoms with Crippen LogP contribution in [0.15, 0.2) is 22.7 Å². The molecule has 0 aliphatic rings. The van der Waals surface area contributed by atoms with E-state index in [0.717, 1.165) is 4.47 Å². The van der Waals surface area contributed by atoms with Crippen LogP contribution in [-0.4, -0.2) is 22.0 Å². The Kier molecular flexibility index (Phi) is 4.59. The van der Waals surface area contributed by atoms with Crippen molar-refractivity contribution >= 4 is 44.7 Å². The molecule has 0 radical (unpaired) electrons. The third kappa shape index (κ3) is 3.40. The summed E-state index contributed by atoms with van der Waals surface area (Å²) >= 11 is 9.09. The van der Waals surface area contributed by atoms with Crippen molar-refractivity contribution in [3.63, 3.8) is 0 Å². The van der Waals surface area contributed by atoms with Gasteiger partial charge in [-0.15, -0.1) is 0 Å². The van der Waals surface area contributed by atoms with Crippen LogP contribution in [0.5, 0.6) is 5.75 Å². The number of aryl methyl sites for hydroxylation is 1. The SMILES string of the molecule is COc1cc(Nc2nc(Cl)nc(C)c2[N+](=O)[O-])ccc1Br. The summed E-state index contributed by atoms with van der Waals surface area (Å²) in [6, 6.07) is 5.16. The van der Waals surface area contributed by atoms with E-state index in [1.165, 1.54) is 14.0 Å². The fourth-order valence-electron chi connectivity index (χ4n) is 1.71. The molecule has 1 aromatic carbocycles. The minimum atomic E-state index is -0.552. The second kappa shape index (κ2) is 6.23. The molecule has 0 bridgehead atoms. The maximum atomic E-state index is 11.1. The second-order valence-corrected chi connectivity index (χ2v) is 5.20. The van der Waals surface area contributed by atoms with E-state index in [2.05, 4.69) is 31.2 Å². The monoisotopic (exact) mass is 372 g/mol. The average Bonchev–Trinajstić information content (AvgIpc) is 2.39. The number of anilines is 2. The Hall–Kier alpha value is -1.93. The van der Waals surface area contributed by atoms with E-state index in [-0.39, 0.29) is 22.5 Å². The van der Waals surface area contributed by atoms with E-state index in [1.807, 2.05) is 0 Å². The number of methoxy groups -OCH3 is 1. The first kappa shape index (κ1) is 15.5. The Morgan fingerprint density at radius 1 is 1.43 bits per heavy atom. The van der Waals surface area contributed by atoms with E-state index in [4.69, 9.17) is 16.3 Å². The zero-order chi connectivity index (χ0) is 15.6. The van der Waals surface area contributed by atoms with Crippen LogP contribution in [-0.2, 0) is 0 Å². The van der Waals surface area contributed by atoms with Crippen molar-refractivity contribution in [3.8, 4) is 5.75 Å². The number of nitrogens with zero attached hydrogens (tertiary/aromatic N) is 3. The van der Waals surface area contributed by atoms with Gasteiger partial charge in [0.2, 0.25) is 11.1 Å². The zero-order valence-corrected chi connectivity index (χ0v) is 13.4. The summed E-state index contributed by atoms with van der Waals surface area (Å²) in [7, 11) is 1.53. The first-order chi connectivity index (χ1) is 9.92. The molecule has 0 amide bonds. The number of halogens is 2. The standard InChI is InChI=1S/C12H10BrClN4O3/c1-6-10(18(19)20)11(17-12(14)15-6)16-7-3-4-8(13)9(5-7)21-2/h3-5H,1-2H3,(H,15,16,17). The molecule has 7 nitrogen and oxygen atoms in total. The zero-order valence-electron chi connectivity index (χ0n) is 11.1. The number of hydrogen-bond acceptors (Lipinski definition) is 6. The summed E-state index contributed by atoms with van der Waals surface area (Å²) in [5.41, 5.74) is 0.542. The van der Waals surface area contributed by atoms with Crippen LogP contribution in [0.4, 0.5) is 17.2 Å². The third-order valence-corrected chi connectivity index (χ3v) is 3.45. The summed E-state index contributed by atoms with van der Waals surface area (Å²) in [5, 5.41) is 13.9. The Morgan fingerprint density at radius 2 is 2.14 bits per heavy atom. The van der Waals surface area contributed by atoms with Crippen LogP contribution in [0.1, 0.15) is 5.69 Å². The van der Waals surface area contributed by atoms with Gasteiger partial charge in [-0.3, -0.25) is 10.1 Å². The molecule has 9 heteroatoms. The number of benzene rings is 1. The molecule has 21 heavy (non-hydrogen) atoms. The number of rotatable bonds is 4. The number of ether oxygens (including phenoxy) is 1. The van der Waals surface area contributed by atoms with Gasteiger partial charge < -0.3 is 10.1 Å². The number of nitrogens with one attached hydrogen (secondary N) is 1. The fraction of sp³-hybridized carbons (Fsp3) is 0.167. The molecule has 1 heterocycles. The lowest BCUT2D eigenvalue weighted by Crippen LogP contribution is -2.04. The van der Waals surface area contributed by atoms with Crippen molar-refractivity contribution < 1.29 is 9.66 Å². The van der Waals surface area contributed by atoms with Crippen molar-refractivity contribution in [2.45, 2.75) is 6.92 Å². The lowest BCUT2D eigenvalue weighted by molar-refractivity contribution is -0.385. The minimum absolute atomic E-state index is 0.0295. The first-order valence-electron chi connectivity index (χ1n) is 5.71. The number of aromatic nitrogens is 2. The highest BCUT2D eigenvalue weighted by Gasteiger charge is 2.22. The molecular formula is C12H10BrClN4O3. The lowest BCUT2D eigenvalue weighted by Gasteiger charge is -2.10. The molecule has 2 aromatic rings. The second-order valence-electron chi connectivity index (χ2n) is 4.01. The topological polar surface area (TPSA) is 90.2 Å². The summed E-state index contributed by atoms with van der Waals surface area (Å²) in [6.07, 6.45) is 0. The van der Waals surface area contributed by atoms with Gasteiger partial charge in [0.05, 0.1) is 16.5 Å². The van der Waals surface area contributed by atoms with Gasteiger partial charge in [-0.25, -0.2) is 4.98 Å². The van der Waals surface area contributed by atoms with E-state index < -0.39 is 4.92 Å². The highest BCUT2D eigenvalue weighted by atomic mass is 79.9. The summed E-state index contributed by atoms with van der Waals surface area (Å²) in [4.78, 5) is 18.2. The Morgan fingerprint density at radius 3 is 2.76 bits per heavy atom. The molecule has 0 aliphatic heterocycles. The minimum Gasteiger partial charge on any atom is -0.495 e. The van der Waals surface area contributed by atoms with E-state index in [9.17, 15) is 10.1 Å². The van der Waals surface area contributed by atoms with Gasteiger partial charge in [0.25, 0.3) is 0 Å².